The molecule has 2 nitrogen and oxygen atoms in total. The first kappa shape index (κ1) is 20.1. The Morgan fingerprint density at radius 1 is 0.812 bits per heavy atom. The predicted molar refractivity (Wildman–Crippen MR) is 74.6 cm³/mol. The van der Waals surface area contributed by atoms with Crippen molar-refractivity contribution in [1.29, 1.82) is 0 Å². The third-order valence-electron chi connectivity index (χ3n) is 2.67. The second-order valence-electron chi connectivity index (χ2n) is 4.21. The van der Waals surface area contributed by atoms with Gasteiger partial charge >= 0.3 is 51.4 Å². The Morgan fingerprint density at radius 2 is 1.19 bits per heavy atom. The van der Waals surface area contributed by atoms with Crippen molar-refractivity contribution in [2.75, 3.05) is 5.75 Å². The van der Waals surface area contributed by atoms with Gasteiger partial charge in [0, 0.05) is 5.75 Å². The quantitative estimate of drug-likeness (QED) is 0.356. The fraction of sp³-hybridized carbons (Fsp3) is 1.00. The van der Waals surface area contributed by atoms with Gasteiger partial charge in [0.25, 0.3) is 0 Å². The zero-order valence-electron chi connectivity index (χ0n) is 10.0. The van der Waals surface area contributed by atoms with Crippen LogP contribution in [0, 0.1) is 0 Å². The van der Waals surface area contributed by atoms with Gasteiger partial charge in [-0.25, -0.2) is 4.21 Å². The zero-order chi connectivity index (χ0) is 11.4. The molecule has 0 aliphatic heterocycles. The van der Waals surface area contributed by atoms with Crippen LogP contribution in [0.3, 0.4) is 0 Å². The summed E-state index contributed by atoms with van der Waals surface area (Å²) in [4.78, 5) is 0. The molecule has 1 atom stereocenters. The Labute approximate surface area is 146 Å². The van der Waals surface area contributed by atoms with Gasteiger partial charge in [-0.05, 0) is 6.42 Å². The van der Waals surface area contributed by atoms with Gasteiger partial charge in [-0.15, -0.1) is 0 Å². The molecule has 0 aliphatic carbocycles. The summed E-state index contributed by atoms with van der Waals surface area (Å²) < 4.78 is 18.9. The van der Waals surface area contributed by atoms with Crippen LogP contribution in [0.2, 0.25) is 0 Å². The number of rotatable bonds is 11. The van der Waals surface area contributed by atoms with Crippen LogP contribution in [0.4, 0.5) is 0 Å². The molecule has 0 saturated heterocycles. The average Bonchev–Trinajstić information content (AvgIpc) is 2.20. The zero-order valence-corrected chi connectivity index (χ0v) is 10.9. The molecule has 0 fully saturated rings. The van der Waals surface area contributed by atoms with Crippen LogP contribution in [-0.2, 0) is 11.1 Å². The maximum absolute atomic E-state index is 10.3. The summed E-state index contributed by atoms with van der Waals surface area (Å²) in [6.07, 6.45) is 12.7. The van der Waals surface area contributed by atoms with Crippen LogP contribution in [-0.4, -0.2) is 65.9 Å². The first-order valence-electron chi connectivity index (χ1n) is 6.35. The molecule has 0 aromatic heterocycles. The second kappa shape index (κ2) is 16.7. The van der Waals surface area contributed by atoms with E-state index < -0.39 is 11.1 Å². The first-order chi connectivity index (χ1) is 7.27. The van der Waals surface area contributed by atoms with Crippen molar-refractivity contribution in [3.05, 3.63) is 0 Å². The third kappa shape index (κ3) is 18.1. The molecular formula is C12H27KO2S. The molecule has 0 aliphatic rings. The van der Waals surface area contributed by atoms with Gasteiger partial charge in [0.2, 0.25) is 0 Å². The topological polar surface area (TPSA) is 37.3 Å². The van der Waals surface area contributed by atoms with Crippen LogP contribution in [0.1, 0.15) is 71.1 Å². The molecule has 0 heterocycles. The van der Waals surface area contributed by atoms with Gasteiger partial charge in [-0.1, -0.05) is 64.7 Å². The van der Waals surface area contributed by atoms with Crippen LogP contribution in [0.5, 0.6) is 0 Å². The second-order valence-corrected chi connectivity index (χ2v) is 5.26. The molecule has 94 valence electrons. The van der Waals surface area contributed by atoms with Crippen molar-refractivity contribution in [3.8, 4) is 0 Å². The van der Waals surface area contributed by atoms with Crippen LogP contribution < -0.4 is 0 Å². The fourth-order valence-electron chi connectivity index (χ4n) is 1.71. The molecule has 0 aromatic rings. The van der Waals surface area contributed by atoms with Gasteiger partial charge in [-0.2, -0.15) is 0 Å². The third-order valence-corrected chi connectivity index (χ3v) is 3.31. The van der Waals surface area contributed by atoms with Crippen molar-refractivity contribution in [3.63, 3.8) is 0 Å². The molecule has 0 amide bonds. The van der Waals surface area contributed by atoms with E-state index >= 15 is 0 Å². The normalized spacial score (nSPS) is 12.1. The van der Waals surface area contributed by atoms with E-state index in [1.54, 1.807) is 0 Å². The van der Waals surface area contributed by atoms with Crippen LogP contribution >= 0.6 is 0 Å². The monoisotopic (exact) mass is 274 g/mol. The van der Waals surface area contributed by atoms with Crippen molar-refractivity contribution < 1.29 is 8.76 Å². The SMILES string of the molecule is CCCCCCCCCCCCS(=O)O.[KH]. The molecule has 4 heteroatoms. The van der Waals surface area contributed by atoms with Crippen molar-refractivity contribution >= 4 is 62.5 Å². The van der Waals surface area contributed by atoms with Crippen molar-refractivity contribution in [2.24, 2.45) is 0 Å². The Morgan fingerprint density at radius 3 is 1.56 bits per heavy atom. The minimum absolute atomic E-state index is 0. The molecule has 0 aromatic carbocycles. The summed E-state index contributed by atoms with van der Waals surface area (Å²) in [6, 6.07) is 0. The molecule has 0 spiro atoms. The average molecular weight is 275 g/mol. The van der Waals surface area contributed by atoms with E-state index in [1.165, 1.54) is 51.4 Å². The molecule has 1 unspecified atom stereocenters. The Kier molecular flexibility index (Phi) is 21.0. The molecule has 0 rings (SSSR count). The minimum atomic E-state index is -1.58. The molecule has 1 N–H and O–H groups in total. The number of hydrogen-bond acceptors (Lipinski definition) is 1. The van der Waals surface area contributed by atoms with E-state index in [9.17, 15) is 4.21 Å². The van der Waals surface area contributed by atoms with Gasteiger partial charge in [0.05, 0.1) is 0 Å². The molecule has 0 radical (unpaired) electrons. The van der Waals surface area contributed by atoms with E-state index in [-0.39, 0.29) is 51.4 Å². The first-order valence-corrected chi connectivity index (χ1v) is 7.62. The Balaban J connectivity index is 0. The number of unbranched alkanes of at least 4 members (excludes halogenated alkanes) is 9. The summed E-state index contributed by atoms with van der Waals surface area (Å²) in [5.41, 5.74) is 0. The van der Waals surface area contributed by atoms with Gasteiger partial charge < -0.3 is 4.55 Å². The van der Waals surface area contributed by atoms with E-state index in [2.05, 4.69) is 6.92 Å². The molecule has 16 heavy (non-hydrogen) atoms. The Bertz CT molecular complexity index is 154. The summed E-state index contributed by atoms with van der Waals surface area (Å²) in [7, 11) is 0. The van der Waals surface area contributed by atoms with E-state index in [1.807, 2.05) is 0 Å². The maximum atomic E-state index is 10.3. The molecular weight excluding hydrogens is 247 g/mol. The molecule has 0 saturated carbocycles. The summed E-state index contributed by atoms with van der Waals surface area (Å²) in [5.74, 6) is 0.455. The van der Waals surface area contributed by atoms with E-state index in [0.717, 1.165) is 12.8 Å². The van der Waals surface area contributed by atoms with Gasteiger partial charge in [-0.3, -0.25) is 0 Å². The predicted octanol–water partition coefficient (Wildman–Crippen LogP) is 3.48. The fourth-order valence-corrected chi connectivity index (χ4v) is 2.16. The Hall–Kier alpha value is 1.75. The van der Waals surface area contributed by atoms with Gasteiger partial charge in [0.15, 0.2) is 11.1 Å². The van der Waals surface area contributed by atoms with Crippen molar-refractivity contribution in [1.82, 2.24) is 0 Å². The van der Waals surface area contributed by atoms with Crippen LogP contribution in [0.15, 0.2) is 0 Å². The summed E-state index contributed by atoms with van der Waals surface area (Å²) >= 11 is -1.58. The van der Waals surface area contributed by atoms with E-state index in [4.69, 9.17) is 4.55 Å². The summed E-state index contributed by atoms with van der Waals surface area (Å²) in [6.45, 7) is 2.24. The standard InChI is InChI=1S/C12H26O2S.K.H/c1-2-3-4-5-6-7-8-9-10-11-12-15(13)14;;/h2-12H2,1H3,(H,13,14);;. The number of hydrogen-bond donors (Lipinski definition) is 1. The van der Waals surface area contributed by atoms with E-state index in [0.29, 0.717) is 5.75 Å². The molecule has 0 bridgehead atoms. The van der Waals surface area contributed by atoms with Crippen molar-refractivity contribution in [2.45, 2.75) is 71.1 Å². The van der Waals surface area contributed by atoms with Crippen LogP contribution in [0.25, 0.3) is 0 Å². The summed E-state index contributed by atoms with van der Waals surface area (Å²) in [5, 5.41) is 0. The van der Waals surface area contributed by atoms with Gasteiger partial charge in [0.1, 0.15) is 0 Å².